The highest BCUT2D eigenvalue weighted by Gasteiger charge is 2.08. The molecule has 1 aromatic rings. The Bertz CT molecular complexity index is 396. The molecule has 1 rings (SSSR count). The number of hydrogen-bond donors (Lipinski definition) is 2. The van der Waals surface area contributed by atoms with Crippen molar-refractivity contribution in [2.75, 3.05) is 6.54 Å². The van der Waals surface area contributed by atoms with Crippen molar-refractivity contribution < 1.29 is 9.90 Å². The normalized spacial score (nSPS) is 12.2. The van der Waals surface area contributed by atoms with E-state index < -0.39 is 6.10 Å². The summed E-state index contributed by atoms with van der Waals surface area (Å²) in [6, 6.07) is 5.02. The van der Waals surface area contributed by atoms with Crippen molar-refractivity contribution in [2.45, 2.75) is 25.9 Å². The van der Waals surface area contributed by atoms with Gasteiger partial charge in [-0.3, -0.25) is 4.79 Å². The largest absolute Gasteiger partial charge is 0.391 e. The SMILES string of the molecule is CCC(O)CNC(=O)Cc1ccc(Cl)cc1Cl. The quantitative estimate of drug-likeness (QED) is 0.867. The van der Waals surface area contributed by atoms with Gasteiger partial charge in [0.25, 0.3) is 0 Å². The number of benzene rings is 1. The first-order chi connectivity index (χ1) is 8.02. The standard InChI is InChI=1S/C12H15Cl2NO2/c1-2-10(16)7-15-12(17)5-8-3-4-9(13)6-11(8)14/h3-4,6,10,16H,2,5,7H2,1H3,(H,15,17). The predicted octanol–water partition coefficient (Wildman–Crippen LogP) is 2.42. The van der Waals surface area contributed by atoms with Gasteiger partial charge in [-0.2, -0.15) is 0 Å². The molecule has 1 atom stereocenters. The minimum Gasteiger partial charge on any atom is -0.391 e. The van der Waals surface area contributed by atoms with Crippen LogP contribution in [0.4, 0.5) is 0 Å². The number of carbonyl (C=O) groups excluding carboxylic acids is 1. The second-order valence-corrected chi connectivity index (χ2v) is 4.62. The summed E-state index contributed by atoms with van der Waals surface area (Å²) in [5.74, 6) is -0.165. The Morgan fingerprint density at radius 2 is 2.18 bits per heavy atom. The molecule has 1 unspecified atom stereocenters. The van der Waals surface area contributed by atoms with Crippen LogP contribution in [0, 0.1) is 0 Å². The number of hydrogen-bond acceptors (Lipinski definition) is 2. The van der Waals surface area contributed by atoms with Crippen molar-refractivity contribution in [1.29, 1.82) is 0 Å². The molecule has 0 spiro atoms. The van der Waals surface area contributed by atoms with E-state index in [1.165, 1.54) is 0 Å². The third-order valence-electron chi connectivity index (χ3n) is 2.37. The first kappa shape index (κ1) is 14.3. The highest BCUT2D eigenvalue weighted by Crippen LogP contribution is 2.21. The molecule has 94 valence electrons. The molecule has 0 aliphatic rings. The second-order valence-electron chi connectivity index (χ2n) is 3.78. The van der Waals surface area contributed by atoms with Crippen LogP contribution in [0.3, 0.4) is 0 Å². The summed E-state index contributed by atoms with van der Waals surface area (Å²) >= 11 is 11.7. The molecule has 0 aliphatic carbocycles. The number of halogens is 2. The van der Waals surface area contributed by atoms with E-state index in [1.54, 1.807) is 18.2 Å². The summed E-state index contributed by atoms with van der Waals surface area (Å²) in [4.78, 5) is 11.6. The van der Waals surface area contributed by atoms with E-state index in [-0.39, 0.29) is 18.9 Å². The van der Waals surface area contributed by atoms with Gasteiger partial charge in [-0.1, -0.05) is 36.2 Å². The Balaban J connectivity index is 2.50. The number of carbonyl (C=O) groups is 1. The van der Waals surface area contributed by atoms with Crippen LogP contribution in [-0.2, 0) is 11.2 Å². The van der Waals surface area contributed by atoms with E-state index in [4.69, 9.17) is 23.2 Å². The zero-order valence-corrected chi connectivity index (χ0v) is 11.1. The number of amides is 1. The van der Waals surface area contributed by atoms with E-state index in [2.05, 4.69) is 5.32 Å². The van der Waals surface area contributed by atoms with Crippen molar-refractivity contribution in [1.82, 2.24) is 5.32 Å². The number of aliphatic hydroxyl groups is 1. The molecule has 0 saturated heterocycles. The molecule has 17 heavy (non-hydrogen) atoms. The summed E-state index contributed by atoms with van der Waals surface area (Å²) in [6.07, 6.45) is 0.300. The van der Waals surface area contributed by atoms with Crippen LogP contribution >= 0.6 is 23.2 Å². The van der Waals surface area contributed by atoms with Crippen LogP contribution in [0.25, 0.3) is 0 Å². The fourth-order valence-corrected chi connectivity index (χ4v) is 1.75. The Hall–Kier alpha value is -0.770. The molecule has 3 nitrogen and oxygen atoms in total. The van der Waals surface area contributed by atoms with Gasteiger partial charge in [-0.05, 0) is 24.1 Å². The molecular weight excluding hydrogens is 261 g/mol. The Kier molecular flexibility index (Phi) is 5.75. The van der Waals surface area contributed by atoms with Crippen molar-refractivity contribution in [2.24, 2.45) is 0 Å². The van der Waals surface area contributed by atoms with E-state index in [1.807, 2.05) is 6.92 Å². The lowest BCUT2D eigenvalue weighted by Crippen LogP contribution is -2.32. The van der Waals surface area contributed by atoms with Gasteiger partial charge in [-0.15, -0.1) is 0 Å². The lowest BCUT2D eigenvalue weighted by molar-refractivity contribution is -0.120. The van der Waals surface area contributed by atoms with E-state index in [9.17, 15) is 9.90 Å². The highest BCUT2D eigenvalue weighted by molar-refractivity contribution is 6.35. The predicted molar refractivity (Wildman–Crippen MR) is 69.5 cm³/mol. The maximum atomic E-state index is 11.6. The molecule has 0 fully saturated rings. The monoisotopic (exact) mass is 275 g/mol. The van der Waals surface area contributed by atoms with Crippen LogP contribution in [0.2, 0.25) is 10.0 Å². The van der Waals surface area contributed by atoms with Gasteiger partial charge in [0.15, 0.2) is 0 Å². The summed E-state index contributed by atoms with van der Waals surface area (Å²) in [5.41, 5.74) is 0.722. The van der Waals surface area contributed by atoms with Gasteiger partial charge in [0.2, 0.25) is 5.91 Å². The summed E-state index contributed by atoms with van der Waals surface area (Å²) in [7, 11) is 0. The Morgan fingerprint density at radius 3 is 2.76 bits per heavy atom. The zero-order valence-electron chi connectivity index (χ0n) is 9.54. The van der Waals surface area contributed by atoms with Crippen molar-refractivity contribution >= 4 is 29.1 Å². The summed E-state index contributed by atoms with van der Waals surface area (Å²) < 4.78 is 0. The molecular formula is C12H15Cl2NO2. The molecule has 5 heteroatoms. The fraction of sp³-hybridized carbons (Fsp3) is 0.417. The minimum atomic E-state index is -0.500. The number of nitrogens with one attached hydrogen (secondary N) is 1. The third-order valence-corrected chi connectivity index (χ3v) is 2.96. The van der Waals surface area contributed by atoms with Crippen LogP contribution in [0.5, 0.6) is 0 Å². The average molecular weight is 276 g/mol. The smallest absolute Gasteiger partial charge is 0.224 e. The van der Waals surface area contributed by atoms with E-state index in [0.29, 0.717) is 16.5 Å². The molecule has 0 aliphatic heterocycles. The molecule has 2 N–H and O–H groups in total. The first-order valence-electron chi connectivity index (χ1n) is 5.41. The van der Waals surface area contributed by atoms with Crippen molar-refractivity contribution in [3.8, 4) is 0 Å². The fourth-order valence-electron chi connectivity index (χ4n) is 1.28. The molecule has 1 aromatic carbocycles. The number of aliphatic hydroxyl groups excluding tert-OH is 1. The lowest BCUT2D eigenvalue weighted by atomic mass is 10.1. The maximum Gasteiger partial charge on any atom is 0.224 e. The van der Waals surface area contributed by atoms with Crippen LogP contribution in [-0.4, -0.2) is 23.7 Å². The second kappa shape index (κ2) is 6.84. The Labute approximate surface area is 111 Å². The van der Waals surface area contributed by atoms with Gasteiger partial charge in [0, 0.05) is 16.6 Å². The molecule has 1 amide bonds. The van der Waals surface area contributed by atoms with Gasteiger partial charge < -0.3 is 10.4 Å². The molecule has 0 saturated carbocycles. The van der Waals surface area contributed by atoms with Crippen LogP contribution in [0.1, 0.15) is 18.9 Å². The zero-order chi connectivity index (χ0) is 12.8. The van der Waals surface area contributed by atoms with Crippen molar-refractivity contribution in [3.05, 3.63) is 33.8 Å². The molecule has 0 heterocycles. The minimum absolute atomic E-state index is 0.165. The highest BCUT2D eigenvalue weighted by atomic mass is 35.5. The van der Waals surface area contributed by atoms with Gasteiger partial charge in [-0.25, -0.2) is 0 Å². The summed E-state index contributed by atoms with van der Waals surface area (Å²) in [6.45, 7) is 2.12. The van der Waals surface area contributed by atoms with Crippen LogP contribution in [0.15, 0.2) is 18.2 Å². The van der Waals surface area contributed by atoms with Gasteiger partial charge >= 0.3 is 0 Å². The number of rotatable bonds is 5. The van der Waals surface area contributed by atoms with Crippen LogP contribution < -0.4 is 5.32 Å². The topological polar surface area (TPSA) is 49.3 Å². The summed E-state index contributed by atoms with van der Waals surface area (Å²) in [5, 5.41) is 13.0. The van der Waals surface area contributed by atoms with Crippen molar-refractivity contribution in [3.63, 3.8) is 0 Å². The molecule has 0 radical (unpaired) electrons. The van der Waals surface area contributed by atoms with Gasteiger partial charge in [0.1, 0.15) is 0 Å². The average Bonchev–Trinajstić information content (AvgIpc) is 2.29. The third kappa shape index (κ3) is 4.94. The van der Waals surface area contributed by atoms with E-state index >= 15 is 0 Å². The maximum absolute atomic E-state index is 11.6. The Morgan fingerprint density at radius 1 is 1.47 bits per heavy atom. The first-order valence-corrected chi connectivity index (χ1v) is 6.17. The lowest BCUT2D eigenvalue weighted by Gasteiger charge is -2.10. The molecule has 0 aromatic heterocycles. The van der Waals surface area contributed by atoms with E-state index in [0.717, 1.165) is 5.56 Å². The van der Waals surface area contributed by atoms with Gasteiger partial charge in [0.05, 0.1) is 12.5 Å². The molecule has 0 bridgehead atoms.